The van der Waals surface area contributed by atoms with E-state index in [0.717, 1.165) is 0 Å². The first kappa shape index (κ1) is 20.6. The number of alkyl halides is 9. The van der Waals surface area contributed by atoms with Gasteiger partial charge in [0.2, 0.25) is 0 Å². The van der Waals surface area contributed by atoms with Crippen LogP contribution >= 0.6 is 0 Å². The van der Waals surface area contributed by atoms with E-state index in [2.05, 4.69) is 4.74 Å². The molecule has 2 saturated heterocycles. The van der Waals surface area contributed by atoms with Crippen molar-refractivity contribution in [2.75, 3.05) is 11.9 Å². The van der Waals surface area contributed by atoms with E-state index in [1.54, 1.807) is 5.32 Å². The summed E-state index contributed by atoms with van der Waals surface area (Å²) in [7, 11) is 0. The van der Waals surface area contributed by atoms with Crippen LogP contribution in [0.15, 0.2) is 18.2 Å². The number of nitrogens with one attached hydrogen (secondary N) is 1. The van der Waals surface area contributed by atoms with Gasteiger partial charge in [0.05, 0.1) is 11.1 Å². The van der Waals surface area contributed by atoms with Gasteiger partial charge in [-0.2, -0.15) is 39.5 Å². The van der Waals surface area contributed by atoms with Crippen LogP contribution in [-0.4, -0.2) is 35.5 Å². The molecule has 0 aromatic heterocycles. The molecule has 2 atom stereocenters. The third kappa shape index (κ3) is 3.35. The number of rotatable bonds is 2. The lowest BCUT2D eigenvalue weighted by atomic mass is 10.1. The molecule has 2 aliphatic heterocycles. The molecule has 13 heteroatoms. The number of hydrogen-bond donors (Lipinski definition) is 1. The molecular weight excluding hydrogens is 411 g/mol. The van der Waals surface area contributed by atoms with Crippen LogP contribution in [0.25, 0.3) is 0 Å². The average Bonchev–Trinajstić information content (AvgIpc) is 3.09. The van der Waals surface area contributed by atoms with Crippen molar-refractivity contribution in [1.82, 2.24) is 4.90 Å². The van der Waals surface area contributed by atoms with Gasteiger partial charge >= 0.3 is 30.3 Å². The van der Waals surface area contributed by atoms with Gasteiger partial charge in [0.25, 0.3) is 0 Å². The van der Waals surface area contributed by atoms with Crippen LogP contribution in [0, 0.1) is 0 Å². The van der Waals surface area contributed by atoms with E-state index in [-0.39, 0.29) is 37.6 Å². The minimum Gasteiger partial charge on any atom is -0.414 e. The third-order valence-electron chi connectivity index (χ3n) is 4.46. The van der Waals surface area contributed by atoms with Crippen LogP contribution in [-0.2, 0) is 21.9 Å². The van der Waals surface area contributed by atoms with E-state index >= 15 is 0 Å². The predicted octanol–water partition coefficient (Wildman–Crippen LogP) is 4.37. The molecule has 2 fully saturated rings. The van der Waals surface area contributed by atoms with Crippen molar-refractivity contribution in [3.8, 4) is 0 Å². The number of ether oxygens (including phenoxy) is 1. The van der Waals surface area contributed by atoms with Crippen molar-refractivity contribution in [3.63, 3.8) is 0 Å². The number of nitrogens with zero attached hydrogens (tertiary/aromatic N) is 1. The van der Waals surface area contributed by atoms with Gasteiger partial charge in [0, 0.05) is 12.2 Å². The van der Waals surface area contributed by atoms with Crippen LogP contribution in [0.3, 0.4) is 0 Å². The summed E-state index contributed by atoms with van der Waals surface area (Å²) < 4.78 is 123. The molecule has 28 heavy (non-hydrogen) atoms. The van der Waals surface area contributed by atoms with E-state index in [4.69, 9.17) is 0 Å². The summed E-state index contributed by atoms with van der Waals surface area (Å²) in [6, 6.07) is -1.31. The molecule has 0 amide bonds. The second-order valence-corrected chi connectivity index (χ2v) is 6.33. The lowest BCUT2D eigenvalue weighted by molar-refractivity contribution is -0.286. The summed E-state index contributed by atoms with van der Waals surface area (Å²) in [5.74, 6) is -4.82. The summed E-state index contributed by atoms with van der Waals surface area (Å²) in [5.41, 5.74) is -4.74. The number of fused-ring (bicyclic) bond motifs is 1. The largest absolute Gasteiger partial charge is 0.465 e. The Labute approximate surface area is 151 Å². The fraction of sp³-hybridized carbons (Fsp3) is 0.533. The quantitative estimate of drug-likeness (QED) is 0.568. The van der Waals surface area contributed by atoms with Crippen LogP contribution in [0.1, 0.15) is 24.0 Å². The molecule has 0 bridgehead atoms. The summed E-state index contributed by atoms with van der Waals surface area (Å²) >= 11 is 0. The smallest absolute Gasteiger partial charge is 0.414 e. The van der Waals surface area contributed by atoms with Gasteiger partial charge in [-0.25, -0.2) is 4.90 Å². The second kappa shape index (κ2) is 6.16. The predicted molar refractivity (Wildman–Crippen MR) is 74.7 cm³/mol. The summed E-state index contributed by atoms with van der Waals surface area (Å²) in [5, 5.41) is 1.58. The Bertz CT molecular complexity index is 755. The highest BCUT2D eigenvalue weighted by Gasteiger charge is 2.70. The minimum atomic E-state index is -5.34. The number of benzene rings is 1. The number of hydrogen-bond acceptors (Lipinski definition) is 4. The first-order chi connectivity index (χ1) is 12.6. The molecule has 0 saturated carbocycles. The highest BCUT2D eigenvalue weighted by atomic mass is 19.4. The number of cyclic esters (lactones) is 1. The zero-order valence-corrected chi connectivity index (χ0v) is 13.6. The van der Waals surface area contributed by atoms with Gasteiger partial charge in [0.1, 0.15) is 6.04 Å². The standard InChI is InChI=1S/C15H11F9N2O2/c16-12(17,18)7-4-8(13(19,20)21)6-9(5-7)25-15(14(22,23)24)26-3-1-2-10(26)11(27)28-15/h4-6,10,25H,1-3H2/t10-,15-/m1/s1. The Morgan fingerprint density at radius 3 is 1.96 bits per heavy atom. The van der Waals surface area contributed by atoms with E-state index in [0.29, 0.717) is 4.90 Å². The summed E-state index contributed by atoms with van der Waals surface area (Å²) in [4.78, 5) is 12.4. The zero-order valence-electron chi connectivity index (χ0n) is 13.6. The van der Waals surface area contributed by atoms with Crippen LogP contribution in [0.5, 0.6) is 0 Å². The maximum Gasteiger partial charge on any atom is 0.465 e. The van der Waals surface area contributed by atoms with E-state index < -0.39 is 53.2 Å². The van der Waals surface area contributed by atoms with E-state index in [1.165, 1.54) is 0 Å². The van der Waals surface area contributed by atoms with Gasteiger partial charge < -0.3 is 10.1 Å². The summed E-state index contributed by atoms with van der Waals surface area (Å²) in [6.45, 7) is -0.284. The Kier molecular flexibility index (Phi) is 4.52. The fourth-order valence-electron chi connectivity index (χ4n) is 3.27. The lowest BCUT2D eigenvalue weighted by Gasteiger charge is -2.37. The molecule has 2 aliphatic rings. The normalized spacial score (nSPS) is 26.3. The summed E-state index contributed by atoms with van der Waals surface area (Å²) in [6.07, 6.45) is -15.6. The van der Waals surface area contributed by atoms with E-state index in [1.807, 2.05) is 0 Å². The molecule has 1 aromatic rings. The van der Waals surface area contributed by atoms with Crippen LogP contribution < -0.4 is 5.32 Å². The van der Waals surface area contributed by atoms with Gasteiger partial charge in [-0.3, -0.25) is 4.79 Å². The minimum absolute atomic E-state index is 0.0226. The van der Waals surface area contributed by atoms with Gasteiger partial charge in [-0.15, -0.1) is 0 Å². The average molecular weight is 422 g/mol. The molecule has 4 nitrogen and oxygen atoms in total. The molecule has 3 rings (SSSR count). The number of carbonyl (C=O) groups excluding carboxylic acids is 1. The van der Waals surface area contributed by atoms with Gasteiger partial charge in [-0.1, -0.05) is 0 Å². The maximum absolute atomic E-state index is 13.8. The molecular formula is C15H11F9N2O2. The molecule has 1 aromatic carbocycles. The number of halogens is 9. The fourth-order valence-corrected chi connectivity index (χ4v) is 3.27. The van der Waals surface area contributed by atoms with Crippen molar-refractivity contribution in [3.05, 3.63) is 29.3 Å². The van der Waals surface area contributed by atoms with Gasteiger partial charge in [-0.05, 0) is 31.0 Å². The highest BCUT2D eigenvalue weighted by Crippen LogP contribution is 2.47. The van der Waals surface area contributed by atoms with Crippen LogP contribution in [0.4, 0.5) is 45.2 Å². The number of esters is 1. The number of anilines is 1. The monoisotopic (exact) mass is 422 g/mol. The Hall–Kier alpha value is -2.18. The van der Waals surface area contributed by atoms with Crippen molar-refractivity contribution in [1.29, 1.82) is 0 Å². The van der Waals surface area contributed by atoms with Crippen molar-refractivity contribution in [2.45, 2.75) is 43.3 Å². The van der Waals surface area contributed by atoms with Crippen molar-refractivity contribution >= 4 is 11.7 Å². The zero-order chi connectivity index (χ0) is 21.1. The first-order valence-corrected chi connectivity index (χ1v) is 7.79. The maximum atomic E-state index is 13.8. The topological polar surface area (TPSA) is 41.6 Å². The molecule has 156 valence electrons. The number of carbonyl (C=O) groups is 1. The lowest BCUT2D eigenvalue weighted by Crippen LogP contribution is -2.62. The van der Waals surface area contributed by atoms with Crippen molar-refractivity contribution in [2.24, 2.45) is 0 Å². The second-order valence-electron chi connectivity index (χ2n) is 6.33. The molecule has 0 unspecified atom stereocenters. The van der Waals surface area contributed by atoms with Gasteiger partial charge in [0.15, 0.2) is 0 Å². The molecule has 1 N–H and O–H groups in total. The molecule has 2 heterocycles. The van der Waals surface area contributed by atoms with Crippen LogP contribution in [0.2, 0.25) is 0 Å². The Morgan fingerprint density at radius 2 is 1.50 bits per heavy atom. The first-order valence-electron chi connectivity index (χ1n) is 7.79. The molecule has 0 aliphatic carbocycles. The SMILES string of the molecule is O=C1O[C@@](Nc2cc(C(F)(F)F)cc(C(F)(F)F)c2)(C(F)(F)F)N2CCC[C@H]12. The van der Waals surface area contributed by atoms with E-state index in [9.17, 15) is 44.3 Å². The molecule has 0 radical (unpaired) electrons. The highest BCUT2D eigenvalue weighted by molar-refractivity contribution is 5.79. The Morgan fingerprint density at radius 1 is 0.964 bits per heavy atom. The Balaban J connectivity index is 2.11. The van der Waals surface area contributed by atoms with Crippen molar-refractivity contribution < 1.29 is 49.0 Å². The third-order valence-corrected chi connectivity index (χ3v) is 4.46. The molecule has 0 spiro atoms.